The molecule has 0 aliphatic carbocycles. The molecule has 4 rings (SSSR count). The van der Waals surface area contributed by atoms with Gasteiger partial charge >= 0.3 is 6.09 Å². The molecule has 3 N–H and O–H groups in total. The van der Waals surface area contributed by atoms with Gasteiger partial charge in [-0.1, -0.05) is 18.0 Å². The summed E-state index contributed by atoms with van der Waals surface area (Å²) in [6.07, 6.45) is 3.15. The van der Waals surface area contributed by atoms with E-state index in [4.69, 9.17) is 9.84 Å². The van der Waals surface area contributed by atoms with Crippen LogP contribution in [0, 0.1) is 18.3 Å². The lowest BCUT2D eigenvalue weighted by atomic mass is 10.1. The summed E-state index contributed by atoms with van der Waals surface area (Å²) >= 11 is 3.09. The van der Waals surface area contributed by atoms with Crippen molar-refractivity contribution >= 4 is 53.3 Å². The molecule has 246 valence electrons. The number of aryl methyl sites for hydroxylation is 1. The molecule has 1 aliphatic heterocycles. The predicted molar refractivity (Wildman–Crippen MR) is 183 cm³/mol. The van der Waals surface area contributed by atoms with E-state index in [9.17, 15) is 14.9 Å². The number of benzene rings is 1. The van der Waals surface area contributed by atoms with E-state index in [1.165, 1.54) is 11.9 Å². The Morgan fingerprint density at radius 2 is 1.83 bits per heavy atom. The number of ether oxygens (including phenoxy) is 1. The smallest absolute Gasteiger partial charge is 0.407 e. The molecule has 1 aromatic carbocycles. The first-order chi connectivity index (χ1) is 21.9. The van der Waals surface area contributed by atoms with Crippen molar-refractivity contribution in [3.8, 4) is 6.07 Å². The number of carbonyl (C=O) groups excluding carboxylic acids is 2. The molecule has 0 radical (unpaired) electrons. The number of carbonyl (C=O) groups is 2. The summed E-state index contributed by atoms with van der Waals surface area (Å²) in [5.74, 6) is 0.718. The molecule has 46 heavy (non-hydrogen) atoms. The first-order valence-electron chi connectivity index (χ1n) is 14.5. The predicted octanol–water partition coefficient (Wildman–Crippen LogP) is 4.48. The summed E-state index contributed by atoms with van der Waals surface area (Å²) < 4.78 is 9.46. The first kappa shape index (κ1) is 36.4. The zero-order valence-corrected chi connectivity index (χ0v) is 28.8. The molecular formula is C31H41N9O4S2. The SMILES string of the molecule is CO.CSN(C)c1ccc(CNC(=O)OC(C)(C)C)cc1C(=O)Nc1ccc(SN2CCN(c3nc(C)cc(C#N)n3)CC2)cn1. The third-order valence-electron chi connectivity index (χ3n) is 6.45. The van der Waals surface area contributed by atoms with Gasteiger partial charge in [0.05, 0.1) is 11.3 Å². The van der Waals surface area contributed by atoms with Crippen LogP contribution in [0.5, 0.6) is 0 Å². The fraction of sp³-hybridized carbons (Fsp3) is 0.419. The van der Waals surface area contributed by atoms with Crippen LogP contribution < -0.4 is 19.8 Å². The van der Waals surface area contributed by atoms with Crippen LogP contribution in [-0.4, -0.2) is 88.6 Å². The van der Waals surface area contributed by atoms with Gasteiger partial charge in [-0.05, 0) is 75.5 Å². The van der Waals surface area contributed by atoms with Crippen molar-refractivity contribution in [1.82, 2.24) is 24.6 Å². The van der Waals surface area contributed by atoms with E-state index in [0.717, 1.165) is 55.1 Å². The van der Waals surface area contributed by atoms with Crippen molar-refractivity contribution < 1.29 is 19.4 Å². The maximum Gasteiger partial charge on any atom is 0.407 e. The van der Waals surface area contributed by atoms with Crippen molar-refractivity contribution in [2.24, 2.45) is 0 Å². The van der Waals surface area contributed by atoms with Crippen molar-refractivity contribution in [3.05, 3.63) is 65.1 Å². The molecule has 1 fully saturated rings. The molecule has 0 spiro atoms. The average molecular weight is 668 g/mol. The van der Waals surface area contributed by atoms with Gasteiger partial charge in [0.15, 0.2) is 0 Å². The van der Waals surface area contributed by atoms with E-state index in [1.54, 1.807) is 57.1 Å². The standard InChI is InChI=1S/C30H37N9O3S2.CH4O/c1-20-15-22(17-31)35-28(34-20)38-11-13-39(14-12-38)44-23-8-10-26(32-19-23)36-27(40)24-16-21(7-9-25(24)37(5)43-6)18-33-29(41)42-30(2,3)4;1-2/h7-10,15-16,19H,11-14,18H2,1-6H3,(H,33,41)(H,32,36,40);2H,1H3. The van der Waals surface area contributed by atoms with Crippen LogP contribution in [0.1, 0.15) is 48.1 Å². The van der Waals surface area contributed by atoms with Gasteiger partial charge in [0, 0.05) is 69.9 Å². The van der Waals surface area contributed by atoms with Crippen LogP contribution in [0.2, 0.25) is 0 Å². The summed E-state index contributed by atoms with van der Waals surface area (Å²) in [7, 11) is 2.89. The second-order valence-corrected chi connectivity index (χ2v) is 13.1. The Morgan fingerprint density at radius 3 is 2.43 bits per heavy atom. The molecule has 15 heteroatoms. The molecule has 0 bridgehead atoms. The highest BCUT2D eigenvalue weighted by Gasteiger charge is 2.22. The molecule has 3 heterocycles. The van der Waals surface area contributed by atoms with E-state index in [-0.39, 0.29) is 12.5 Å². The lowest BCUT2D eigenvalue weighted by molar-refractivity contribution is 0.0523. The number of nitriles is 1. The number of nitrogens with zero attached hydrogens (tertiary/aromatic N) is 7. The van der Waals surface area contributed by atoms with Crippen molar-refractivity contribution in [2.75, 3.05) is 61.1 Å². The van der Waals surface area contributed by atoms with E-state index in [0.29, 0.717) is 23.0 Å². The van der Waals surface area contributed by atoms with E-state index in [1.807, 2.05) is 42.7 Å². The fourth-order valence-corrected chi connectivity index (χ4v) is 5.54. The van der Waals surface area contributed by atoms with Crippen LogP contribution in [-0.2, 0) is 11.3 Å². The zero-order valence-electron chi connectivity index (χ0n) is 27.2. The van der Waals surface area contributed by atoms with E-state index < -0.39 is 11.7 Å². The first-order valence-corrected chi connectivity index (χ1v) is 16.4. The topological polar surface area (TPSA) is 160 Å². The minimum atomic E-state index is -0.600. The largest absolute Gasteiger partial charge is 0.444 e. The van der Waals surface area contributed by atoms with Crippen LogP contribution in [0.4, 0.5) is 22.2 Å². The Kier molecular flexibility index (Phi) is 13.4. The number of nitrogens with one attached hydrogen (secondary N) is 2. The van der Waals surface area contributed by atoms with Crippen LogP contribution in [0.15, 0.2) is 47.5 Å². The van der Waals surface area contributed by atoms with Crippen molar-refractivity contribution in [1.29, 1.82) is 5.26 Å². The number of pyridine rings is 1. The molecule has 13 nitrogen and oxygen atoms in total. The number of aromatic nitrogens is 3. The quantitative estimate of drug-likeness (QED) is 0.274. The van der Waals surface area contributed by atoms with Gasteiger partial charge in [-0.15, -0.1) is 0 Å². The number of aliphatic hydroxyl groups excluding tert-OH is 1. The number of aliphatic hydroxyl groups is 1. The second-order valence-electron chi connectivity index (χ2n) is 11.0. The average Bonchev–Trinajstić information content (AvgIpc) is 3.04. The monoisotopic (exact) mass is 667 g/mol. The molecular weight excluding hydrogens is 627 g/mol. The number of anilines is 3. The third kappa shape index (κ3) is 10.8. The van der Waals surface area contributed by atoms with Crippen molar-refractivity contribution in [2.45, 2.75) is 44.7 Å². The highest BCUT2D eigenvalue weighted by molar-refractivity contribution is 7.99. The molecule has 0 saturated carbocycles. The Labute approximate surface area is 279 Å². The van der Waals surface area contributed by atoms with Gasteiger partial charge in [0.1, 0.15) is 23.2 Å². The maximum absolute atomic E-state index is 13.4. The fourth-order valence-electron chi connectivity index (χ4n) is 4.31. The third-order valence-corrected chi connectivity index (χ3v) is 8.27. The van der Waals surface area contributed by atoms with Crippen molar-refractivity contribution in [3.63, 3.8) is 0 Å². The summed E-state index contributed by atoms with van der Waals surface area (Å²) in [6, 6.07) is 13.0. The summed E-state index contributed by atoms with van der Waals surface area (Å²) in [5, 5.41) is 21.9. The number of hydrogen-bond donors (Lipinski definition) is 3. The highest BCUT2D eigenvalue weighted by atomic mass is 32.2. The number of hydrogen-bond acceptors (Lipinski definition) is 13. The van der Waals surface area contributed by atoms with Crippen LogP contribution in [0.3, 0.4) is 0 Å². The van der Waals surface area contributed by atoms with Crippen LogP contribution >= 0.6 is 23.9 Å². The van der Waals surface area contributed by atoms with Gasteiger partial charge in [-0.3, -0.25) is 4.79 Å². The van der Waals surface area contributed by atoms with Gasteiger partial charge in [0.2, 0.25) is 5.95 Å². The molecule has 2 amide bonds. The van der Waals surface area contributed by atoms with E-state index >= 15 is 0 Å². The van der Waals surface area contributed by atoms with Gasteiger partial charge in [-0.25, -0.2) is 24.1 Å². The minimum Gasteiger partial charge on any atom is -0.444 e. The van der Waals surface area contributed by atoms with Gasteiger partial charge < -0.3 is 29.7 Å². The Hall–Kier alpha value is -4.10. The lowest BCUT2D eigenvalue weighted by Crippen LogP contribution is -2.44. The normalized spacial score (nSPS) is 13.2. The number of piperazine rings is 1. The molecule has 3 aromatic rings. The van der Waals surface area contributed by atoms with Crippen LogP contribution in [0.25, 0.3) is 0 Å². The lowest BCUT2D eigenvalue weighted by Gasteiger charge is -2.33. The second kappa shape index (κ2) is 17.0. The molecule has 0 unspecified atom stereocenters. The van der Waals surface area contributed by atoms with Gasteiger partial charge in [-0.2, -0.15) is 5.26 Å². The molecule has 1 aliphatic rings. The number of rotatable bonds is 9. The summed E-state index contributed by atoms with van der Waals surface area (Å²) in [5.41, 5.74) is 2.51. The Balaban J connectivity index is 0.00000282. The zero-order chi connectivity index (χ0) is 33.9. The Morgan fingerprint density at radius 1 is 1.11 bits per heavy atom. The number of amides is 2. The molecule has 0 atom stereocenters. The van der Waals surface area contributed by atoms with E-state index in [2.05, 4.69) is 40.9 Å². The highest BCUT2D eigenvalue weighted by Crippen LogP contribution is 2.28. The Bertz CT molecular complexity index is 1520. The van der Waals surface area contributed by atoms with Gasteiger partial charge in [0.25, 0.3) is 5.91 Å². The number of alkyl carbamates (subject to hydrolysis) is 1. The minimum absolute atomic E-state index is 0.218. The molecule has 1 saturated heterocycles. The summed E-state index contributed by atoms with van der Waals surface area (Å²) in [6.45, 7) is 10.5. The molecule has 2 aromatic heterocycles. The maximum atomic E-state index is 13.4. The summed E-state index contributed by atoms with van der Waals surface area (Å²) in [4.78, 5) is 41.9.